The van der Waals surface area contributed by atoms with Gasteiger partial charge in [-0.05, 0) is 18.3 Å². The van der Waals surface area contributed by atoms with Gasteiger partial charge >= 0.3 is 5.88 Å². The topological polar surface area (TPSA) is 92.7 Å². The van der Waals surface area contributed by atoms with Gasteiger partial charge in [0.1, 0.15) is 4.92 Å². The Balaban J connectivity index is 2.57. The molecule has 0 bridgehead atoms. The van der Waals surface area contributed by atoms with Crippen molar-refractivity contribution in [1.29, 1.82) is 0 Å². The van der Waals surface area contributed by atoms with Crippen molar-refractivity contribution in [2.45, 2.75) is 0 Å². The van der Waals surface area contributed by atoms with E-state index in [9.17, 15) is 10.1 Å². The van der Waals surface area contributed by atoms with Gasteiger partial charge in [-0.3, -0.25) is 15.5 Å². The van der Waals surface area contributed by atoms with E-state index in [-0.39, 0.29) is 11.6 Å². The molecule has 2 N–H and O–H groups in total. The summed E-state index contributed by atoms with van der Waals surface area (Å²) in [6.07, 6.45) is 1.29. The van der Waals surface area contributed by atoms with Crippen molar-refractivity contribution in [3.63, 3.8) is 0 Å². The summed E-state index contributed by atoms with van der Waals surface area (Å²) < 4.78 is 4.81. The lowest BCUT2D eigenvalue weighted by atomic mass is 10.5. The third-order valence-corrected chi connectivity index (χ3v) is 1.67. The maximum atomic E-state index is 10.3. The molecular formula is C7H8N4O3S. The molecule has 0 aliphatic heterocycles. The van der Waals surface area contributed by atoms with E-state index in [4.69, 9.17) is 16.6 Å². The smallest absolute Gasteiger partial charge is 0.400 e. The predicted octanol–water partition coefficient (Wildman–Crippen LogP) is 0.616. The maximum Gasteiger partial charge on any atom is 0.433 e. The van der Waals surface area contributed by atoms with Crippen LogP contribution in [0.4, 0.5) is 5.88 Å². The number of hydrogen-bond donors (Lipinski definition) is 2. The van der Waals surface area contributed by atoms with Gasteiger partial charge in [0.2, 0.25) is 0 Å². The molecule has 0 amide bonds. The lowest BCUT2D eigenvalue weighted by Crippen LogP contribution is -2.28. The number of nitro groups is 1. The first kappa shape index (κ1) is 11.1. The number of nitrogens with one attached hydrogen (secondary N) is 2. The highest BCUT2D eigenvalue weighted by Gasteiger charge is 2.09. The van der Waals surface area contributed by atoms with E-state index in [0.717, 1.165) is 0 Å². The van der Waals surface area contributed by atoms with Crippen molar-refractivity contribution in [3.8, 4) is 0 Å². The highest BCUT2D eigenvalue weighted by atomic mass is 32.1. The fourth-order valence-electron chi connectivity index (χ4n) is 0.720. The Morgan fingerprint density at radius 3 is 3.00 bits per heavy atom. The Kier molecular flexibility index (Phi) is 3.75. The van der Waals surface area contributed by atoms with Gasteiger partial charge in [-0.2, -0.15) is 5.10 Å². The third kappa shape index (κ3) is 3.35. The Morgan fingerprint density at radius 1 is 1.73 bits per heavy atom. The molecule has 0 aliphatic rings. The largest absolute Gasteiger partial charge is 0.433 e. The van der Waals surface area contributed by atoms with Crippen LogP contribution in [-0.4, -0.2) is 23.3 Å². The third-order valence-electron chi connectivity index (χ3n) is 1.38. The average Bonchev–Trinajstić information content (AvgIpc) is 2.66. The average molecular weight is 228 g/mol. The molecule has 0 fully saturated rings. The van der Waals surface area contributed by atoms with E-state index < -0.39 is 4.92 Å². The van der Waals surface area contributed by atoms with Crippen LogP contribution in [0.15, 0.2) is 21.7 Å². The SMILES string of the molecule is CNC(=S)N/N=C\c1ccc([N+](=O)[O-])o1. The summed E-state index contributed by atoms with van der Waals surface area (Å²) in [5.41, 5.74) is 2.48. The van der Waals surface area contributed by atoms with E-state index >= 15 is 0 Å². The summed E-state index contributed by atoms with van der Waals surface area (Å²) >= 11 is 4.74. The minimum absolute atomic E-state index is 0.271. The molecule has 15 heavy (non-hydrogen) atoms. The molecule has 1 aromatic heterocycles. The first-order valence-electron chi connectivity index (χ1n) is 3.88. The normalized spacial score (nSPS) is 10.2. The van der Waals surface area contributed by atoms with Gasteiger partial charge in [0.05, 0.1) is 12.3 Å². The molecule has 1 heterocycles. The van der Waals surface area contributed by atoms with Crippen LogP contribution in [0.25, 0.3) is 0 Å². The highest BCUT2D eigenvalue weighted by Crippen LogP contribution is 2.13. The molecule has 1 aromatic rings. The van der Waals surface area contributed by atoms with Gasteiger partial charge in [-0.25, -0.2) is 0 Å². The number of rotatable bonds is 3. The van der Waals surface area contributed by atoms with Gasteiger partial charge in [0.15, 0.2) is 10.9 Å². The van der Waals surface area contributed by atoms with Crippen LogP contribution < -0.4 is 10.7 Å². The van der Waals surface area contributed by atoms with Gasteiger partial charge in [-0.1, -0.05) is 0 Å². The van der Waals surface area contributed by atoms with E-state index in [0.29, 0.717) is 5.11 Å². The molecule has 0 spiro atoms. The predicted molar refractivity (Wildman–Crippen MR) is 57.7 cm³/mol. The molecule has 0 aliphatic carbocycles. The molecule has 80 valence electrons. The molecule has 7 nitrogen and oxygen atoms in total. The number of hydrogen-bond acceptors (Lipinski definition) is 5. The second kappa shape index (κ2) is 5.05. The number of thiocarbonyl (C=S) groups is 1. The molecule has 0 radical (unpaired) electrons. The first-order chi connectivity index (χ1) is 7.13. The van der Waals surface area contributed by atoms with Gasteiger partial charge < -0.3 is 9.73 Å². The Bertz CT molecular complexity index is 401. The van der Waals surface area contributed by atoms with E-state index in [1.54, 1.807) is 7.05 Å². The van der Waals surface area contributed by atoms with Crippen LogP contribution in [-0.2, 0) is 0 Å². The number of nitrogens with zero attached hydrogens (tertiary/aromatic N) is 2. The van der Waals surface area contributed by atoms with Crippen LogP contribution >= 0.6 is 12.2 Å². The summed E-state index contributed by atoms with van der Waals surface area (Å²) in [6, 6.07) is 2.68. The molecule has 1 rings (SSSR count). The second-order valence-corrected chi connectivity index (χ2v) is 2.79. The Morgan fingerprint density at radius 2 is 2.47 bits per heavy atom. The minimum Gasteiger partial charge on any atom is -0.400 e. The van der Waals surface area contributed by atoms with E-state index in [1.807, 2.05) is 0 Å². The molecule has 8 heteroatoms. The molecular weight excluding hydrogens is 220 g/mol. The van der Waals surface area contributed by atoms with Crippen molar-refractivity contribution >= 4 is 29.4 Å². The van der Waals surface area contributed by atoms with Crippen molar-refractivity contribution in [2.75, 3.05) is 7.05 Å². The van der Waals surface area contributed by atoms with Gasteiger partial charge in [0.25, 0.3) is 0 Å². The highest BCUT2D eigenvalue weighted by molar-refractivity contribution is 7.80. The maximum absolute atomic E-state index is 10.3. The minimum atomic E-state index is -0.622. The second-order valence-electron chi connectivity index (χ2n) is 2.38. The molecule has 0 saturated heterocycles. The van der Waals surface area contributed by atoms with Gasteiger partial charge in [-0.15, -0.1) is 0 Å². The van der Waals surface area contributed by atoms with Crippen molar-refractivity contribution in [2.24, 2.45) is 5.10 Å². The van der Waals surface area contributed by atoms with Crippen LogP contribution in [0.1, 0.15) is 5.76 Å². The zero-order valence-electron chi connectivity index (χ0n) is 7.76. The van der Waals surface area contributed by atoms with Crippen LogP contribution in [0.3, 0.4) is 0 Å². The Labute approximate surface area is 90.3 Å². The van der Waals surface area contributed by atoms with Gasteiger partial charge in [0, 0.05) is 7.05 Å². The summed E-state index contributed by atoms with van der Waals surface area (Å²) in [4.78, 5) is 9.64. The molecule has 0 atom stereocenters. The number of hydrazone groups is 1. The van der Waals surface area contributed by atoms with E-state index in [1.165, 1.54) is 18.3 Å². The van der Waals surface area contributed by atoms with Crippen LogP contribution in [0.2, 0.25) is 0 Å². The van der Waals surface area contributed by atoms with E-state index in [2.05, 4.69) is 15.8 Å². The number of furan rings is 1. The van der Waals surface area contributed by atoms with Crippen LogP contribution in [0.5, 0.6) is 0 Å². The quantitative estimate of drug-likeness (QED) is 0.341. The van der Waals surface area contributed by atoms with Crippen molar-refractivity contribution in [3.05, 3.63) is 28.0 Å². The molecule has 0 aromatic carbocycles. The van der Waals surface area contributed by atoms with Crippen molar-refractivity contribution < 1.29 is 9.34 Å². The summed E-state index contributed by atoms with van der Waals surface area (Å²) in [6.45, 7) is 0. The van der Waals surface area contributed by atoms with Crippen molar-refractivity contribution in [1.82, 2.24) is 10.7 Å². The summed E-state index contributed by atoms with van der Waals surface area (Å²) in [5, 5.41) is 16.9. The Hall–Kier alpha value is -1.96. The summed E-state index contributed by atoms with van der Waals surface area (Å²) in [5.74, 6) is -0.0549. The molecule has 0 unspecified atom stereocenters. The monoisotopic (exact) mass is 228 g/mol. The lowest BCUT2D eigenvalue weighted by Gasteiger charge is -1.97. The fourth-order valence-corrected chi connectivity index (χ4v) is 0.773. The first-order valence-corrected chi connectivity index (χ1v) is 4.29. The zero-order valence-corrected chi connectivity index (χ0v) is 8.58. The lowest BCUT2D eigenvalue weighted by molar-refractivity contribution is -0.402. The standard InChI is InChI=1S/C7H8N4O3S/c1-8-7(15)10-9-4-5-2-3-6(14-5)11(12)13/h2-4H,1H3,(H2,8,10,15)/b9-4-. The fraction of sp³-hybridized carbons (Fsp3) is 0.143. The zero-order chi connectivity index (χ0) is 11.3. The molecule has 0 saturated carbocycles. The summed E-state index contributed by atoms with van der Waals surface area (Å²) in [7, 11) is 1.64. The van der Waals surface area contributed by atoms with Crippen LogP contribution in [0, 0.1) is 10.1 Å².